The molecular weight excluding hydrogens is 306 g/mol. The van der Waals surface area contributed by atoms with Gasteiger partial charge in [0.15, 0.2) is 11.5 Å². The predicted octanol–water partition coefficient (Wildman–Crippen LogP) is 1.02. The van der Waals surface area contributed by atoms with E-state index in [1.807, 2.05) is 0 Å². The molecule has 1 aromatic heterocycles. The van der Waals surface area contributed by atoms with E-state index in [2.05, 4.69) is 4.98 Å². The standard InChI is InChI=1S/C14H17N3O4S/c1-9-16-12-8-11(2-3-13(12)21-9)22(19,20)17-6-4-10(5-7-17)14(15)18/h2-3,8,10H,4-7H2,1H3,(H2,15,18). The van der Waals surface area contributed by atoms with Gasteiger partial charge in [0.25, 0.3) is 0 Å². The zero-order valence-corrected chi connectivity index (χ0v) is 13.0. The van der Waals surface area contributed by atoms with Gasteiger partial charge >= 0.3 is 0 Å². The van der Waals surface area contributed by atoms with Crippen LogP contribution < -0.4 is 5.73 Å². The minimum Gasteiger partial charge on any atom is -0.441 e. The van der Waals surface area contributed by atoms with E-state index in [-0.39, 0.29) is 16.7 Å². The molecule has 0 unspecified atom stereocenters. The van der Waals surface area contributed by atoms with Crippen molar-refractivity contribution in [2.24, 2.45) is 11.7 Å². The number of oxazole rings is 1. The lowest BCUT2D eigenvalue weighted by molar-refractivity contribution is -0.122. The fourth-order valence-corrected chi connectivity index (χ4v) is 4.20. The van der Waals surface area contributed by atoms with E-state index >= 15 is 0 Å². The molecule has 3 rings (SSSR count). The summed E-state index contributed by atoms with van der Waals surface area (Å²) in [6, 6.07) is 4.64. The van der Waals surface area contributed by atoms with Crippen molar-refractivity contribution in [2.75, 3.05) is 13.1 Å². The number of aryl methyl sites for hydroxylation is 1. The molecule has 0 spiro atoms. The summed E-state index contributed by atoms with van der Waals surface area (Å²) >= 11 is 0. The first-order chi connectivity index (χ1) is 10.4. The lowest BCUT2D eigenvalue weighted by atomic mass is 9.98. The Morgan fingerprint density at radius 2 is 2.05 bits per heavy atom. The molecule has 22 heavy (non-hydrogen) atoms. The maximum Gasteiger partial charge on any atom is 0.243 e. The van der Waals surface area contributed by atoms with Crippen molar-refractivity contribution in [1.29, 1.82) is 0 Å². The Kier molecular flexibility index (Phi) is 3.65. The summed E-state index contributed by atoms with van der Waals surface area (Å²) in [5.41, 5.74) is 6.35. The second-order valence-corrected chi connectivity index (χ2v) is 7.38. The number of piperidine rings is 1. The molecule has 1 aliphatic heterocycles. The number of primary amides is 1. The molecule has 2 aromatic rings. The predicted molar refractivity (Wildman–Crippen MR) is 79.4 cm³/mol. The average molecular weight is 323 g/mol. The van der Waals surface area contributed by atoms with Crippen LogP contribution >= 0.6 is 0 Å². The van der Waals surface area contributed by atoms with E-state index in [4.69, 9.17) is 10.2 Å². The topological polar surface area (TPSA) is 107 Å². The van der Waals surface area contributed by atoms with Gasteiger partial charge in [0.1, 0.15) is 5.52 Å². The third kappa shape index (κ3) is 2.59. The van der Waals surface area contributed by atoms with Crippen molar-refractivity contribution in [3.05, 3.63) is 24.1 Å². The number of carbonyl (C=O) groups excluding carboxylic acids is 1. The van der Waals surface area contributed by atoms with Crippen LogP contribution in [0, 0.1) is 12.8 Å². The lowest BCUT2D eigenvalue weighted by Gasteiger charge is -2.29. The highest BCUT2D eigenvalue weighted by molar-refractivity contribution is 7.89. The molecule has 1 aromatic carbocycles. The van der Waals surface area contributed by atoms with Crippen LogP contribution in [0.4, 0.5) is 0 Å². The maximum absolute atomic E-state index is 12.7. The number of aromatic nitrogens is 1. The molecule has 1 saturated heterocycles. The van der Waals surface area contributed by atoms with Gasteiger partial charge in [0.05, 0.1) is 4.90 Å². The first kappa shape index (κ1) is 15.0. The second-order valence-electron chi connectivity index (χ2n) is 5.44. The number of hydrogen-bond donors (Lipinski definition) is 1. The molecule has 1 amide bonds. The van der Waals surface area contributed by atoms with Crippen LogP contribution in [-0.2, 0) is 14.8 Å². The van der Waals surface area contributed by atoms with Crippen LogP contribution in [0.25, 0.3) is 11.1 Å². The molecule has 0 saturated carbocycles. The summed E-state index contributed by atoms with van der Waals surface area (Å²) in [7, 11) is -3.59. The number of benzene rings is 1. The van der Waals surface area contributed by atoms with Gasteiger partial charge in [-0.25, -0.2) is 13.4 Å². The number of nitrogens with zero attached hydrogens (tertiary/aromatic N) is 2. The van der Waals surface area contributed by atoms with E-state index in [0.29, 0.717) is 42.9 Å². The summed E-state index contributed by atoms with van der Waals surface area (Å²) in [5.74, 6) is -0.115. The van der Waals surface area contributed by atoms with E-state index in [0.717, 1.165) is 0 Å². The third-order valence-electron chi connectivity index (χ3n) is 3.96. The van der Waals surface area contributed by atoms with Crippen LogP contribution in [0.5, 0.6) is 0 Å². The van der Waals surface area contributed by atoms with Gasteiger partial charge in [-0.1, -0.05) is 0 Å². The summed E-state index contributed by atoms with van der Waals surface area (Å²) in [6.45, 7) is 2.31. The van der Waals surface area contributed by atoms with Gasteiger partial charge < -0.3 is 10.2 Å². The summed E-state index contributed by atoms with van der Waals surface area (Å²) < 4.78 is 32.1. The Bertz CT molecular complexity index is 820. The SMILES string of the molecule is Cc1nc2cc(S(=O)(=O)N3CCC(C(N)=O)CC3)ccc2o1. The molecule has 0 bridgehead atoms. The van der Waals surface area contributed by atoms with E-state index in [1.54, 1.807) is 13.0 Å². The molecule has 2 heterocycles. The quantitative estimate of drug-likeness (QED) is 0.907. The Morgan fingerprint density at radius 1 is 1.36 bits per heavy atom. The van der Waals surface area contributed by atoms with Gasteiger partial charge in [-0.3, -0.25) is 4.79 Å². The zero-order valence-electron chi connectivity index (χ0n) is 12.2. The molecular formula is C14H17N3O4S. The third-order valence-corrected chi connectivity index (χ3v) is 5.85. The van der Waals surface area contributed by atoms with Crippen LogP contribution in [0.1, 0.15) is 18.7 Å². The van der Waals surface area contributed by atoms with Crippen molar-refractivity contribution >= 4 is 27.0 Å². The van der Waals surface area contributed by atoms with Crippen molar-refractivity contribution in [3.8, 4) is 0 Å². The molecule has 118 valence electrons. The Balaban J connectivity index is 1.87. The summed E-state index contributed by atoms with van der Waals surface area (Å²) in [6.07, 6.45) is 0.916. The van der Waals surface area contributed by atoms with Gasteiger partial charge in [-0.15, -0.1) is 0 Å². The molecule has 1 aliphatic rings. The summed E-state index contributed by atoms with van der Waals surface area (Å²) in [4.78, 5) is 15.5. The highest BCUT2D eigenvalue weighted by Gasteiger charge is 2.31. The fourth-order valence-electron chi connectivity index (χ4n) is 2.71. The van der Waals surface area contributed by atoms with E-state index in [1.165, 1.54) is 16.4 Å². The fraction of sp³-hybridized carbons (Fsp3) is 0.429. The van der Waals surface area contributed by atoms with Gasteiger partial charge in [0, 0.05) is 25.9 Å². The second kappa shape index (κ2) is 5.36. The first-order valence-corrected chi connectivity index (χ1v) is 8.48. The first-order valence-electron chi connectivity index (χ1n) is 7.04. The number of hydrogen-bond acceptors (Lipinski definition) is 5. The van der Waals surface area contributed by atoms with Crippen molar-refractivity contribution < 1.29 is 17.6 Å². The Labute approximate surface area is 128 Å². The Hall–Kier alpha value is -1.93. The molecule has 7 nitrogen and oxygen atoms in total. The monoisotopic (exact) mass is 323 g/mol. The number of nitrogens with two attached hydrogens (primary N) is 1. The molecule has 1 fully saturated rings. The zero-order chi connectivity index (χ0) is 15.9. The number of carbonyl (C=O) groups is 1. The van der Waals surface area contributed by atoms with Gasteiger partial charge in [-0.05, 0) is 31.0 Å². The average Bonchev–Trinajstić information content (AvgIpc) is 2.86. The van der Waals surface area contributed by atoms with Crippen LogP contribution in [0.3, 0.4) is 0 Å². The van der Waals surface area contributed by atoms with Crippen LogP contribution in [0.15, 0.2) is 27.5 Å². The molecule has 0 atom stereocenters. The normalized spacial score (nSPS) is 17.9. The van der Waals surface area contributed by atoms with Gasteiger partial charge in [0.2, 0.25) is 15.9 Å². The molecule has 2 N–H and O–H groups in total. The van der Waals surface area contributed by atoms with Crippen LogP contribution in [-0.4, -0.2) is 36.7 Å². The number of fused-ring (bicyclic) bond motifs is 1. The molecule has 8 heteroatoms. The minimum atomic E-state index is -3.59. The number of rotatable bonds is 3. The smallest absolute Gasteiger partial charge is 0.243 e. The maximum atomic E-state index is 12.7. The molecule has 0 aliphatic carbocycles. The lowest BCUT2D eigenvalue weighted by Crippen LogP contribution is -2.41. The van der Waals surface area contributed by atoms with Crippen molar-refractivity contribution in [3.63, 3.8) is 0 Å². The van der Waals surface area contributed by atoms with Crippen LogP contribution in [0.2, 0.25) is 0 Å². The Morgan fingerprint density at radius 3 is 2.68 bits per heavy atom. The van der Waals surface area contributed by atoms with E-state index < -0.39 is 10.0 Å². The highest BCUT2D eigenvalue weighted by Crippen LogP contribution is 2.26. The largest absolute Gasteiger partial charge is 0.441 e. The van der Waals surface area contributed by atoms with Crippen molar-refractivity contribution in [1.82, 2.24) is 9.29 Å². The molecule has 0 radical (unpaired) electrons. The van der Waals surface area contributed by atoms with Gasteiger partial charge in [-0.2, -0.15) is 4.31 Å². The summed E-state index contributed by atoms with van der Waals surface area (Å²) in [5, 5.41) is 0. The van der Waals surface area contributed by atoms with E-state index in [9.17, 15) is 13.2 Å². The van der Waals surface area contributed by atoms with Crippen molar-refractivity contribution in [2.45, 2.75) is 24.7 Å². The number of sulfonamides is 1. The minimum absolute atomic E-state index is 0.186. The highest BCUT2D eigenvalue weighted by atomic mass is 32.2. The number of amides is 1.